The maximum absolute atomic E-state index is 13.2. The van der Waals surface area contributed by atoms with Crippen molar-refractivity contribution in [2.75, 3.05) is 32.7 Å². The van der Waals surface area contributed by atoms with Crippen LogP contribution in [0, 0.1) is 0 Å². The van der Waals surface area contributed by atoms with E-state index in [0.717, 1.165) is 12.8 Å². The number of halogens is 2. The van der Waals surface area contributed by atoms with Crippen molar-refractivity contribution in [3.05, 3.63) is 0 Å². The SMILES string of the molecule is O=C(C1CC(F)(F)CN1)N1CCC(S(=O)(=O)N2CCCC2)C1. The predicted molar refractivity (Wildman–Crippen MR) is 76.1 cm³/mol. The molecule has 3 heterocycles. The van der Waals surface area contributed by atoms with Crippen LogP contribution < -0.4 is 5.32 Å². The summed E-state index contributed by atoms with van der Waals surface area (Å²) >= 11 is 0. The van der Waals surface area contributed by atoms with Gasteiger partial charge in [0.2, 0.25) is 15.9 Å². The van der Waals surface area contributed by atoms with E-state index in [1.54, 1.807) is 0 Å². The second-order valence-corrected chi connectivity index (χ2v) is 8.55. The van der Waals surface area contributed by atoms with Gasteiger partial charge >= 0.3 is 0 Å². The van der Waals surface area contributed by atoms with E-state index < -0.39 is 46.1 Å². The van der Waals surface area contributed by atoms with Gasteiger partial charge in [-0.1, -0.05) is 0 Å². The summed E-state index contributed by atoms with van der Waals surface area (Å²) in [5.41, 5.74) is 0. The third-order valence-electron chi connectivity index (χ3n) is 4.71. The summed E-state index contributed by atoms with van der Waals surface area (Å²) in [5.74, 6) is -3.27. The van der Waals surface area contributed by atoms with Crippen molar-refractivity contribution in [1.82, 2.24) is 14.5 Å². The molecule has 3 saturated heterocycles. The van der Waals surface area contributed by atoms with E-state index in [1.807, 2.05) is 0 Å². The first-order chi connectivity index (χ1) is 10.3. The number of likely N-dealkylation sites (tertiary alicyclic amines) is 1. The van der Waals surface area contributed by atoms with E-state index in [1.165, 1.54) is 9.21 Å². The van der Waals surface area contributed by atoms with Gasteiger partial charge in [-0.2, -0.15) is 0 Å². The summed E-state index contributed by atoms with van der Waals surface area (Å²) in [5, 5.41) is 1.93. The van der Waals surface area contributed by atoms with Crippen LogP contribution in [0.15, 0.2) is 0 Å². The fourth-order valence-corrected chi connectivity index (χ4v) is 5.40. The molecule has 0 aromatic rings. The van der Waals surface area contributed by atoms with Crippen molar-refractivity contribution in [2.45, 2.75) is 42.9 Å². The van der Waals surface area contributed by atoms with Crippen molar-refractivity contribution in [3.63, 3.8) is 0 Å². The highest BCUT2D eigenvalue weighted by Gasteiger charge is 2.46. The highest BCUT2D eigenvalue weighted by atomic mass is 32.2. The van der Waals surface area contributed by atoms with Gasteiger partial charge in [-0.3, -0.25) is 10.1 Å². The quantitative estimate of drug-likeness (QED) is 0.788. The lowest BCUT2D eigenvalue weighted by molar-refractivity contribution is -0.132. The topological polar surface area (TPSA) is 69.7 Å². The fraction of sp³-hybridized carbons (Fsp3) is 0.923. The molecule has 3 aliphatic rings. The number of carbonyl (C=O) groups is 1. The monoisotopic (exact) mass is 337 g/mol. The molecule has 2 unspecified atom stereocenters. The number of sulfonamides is 1. The van der Waals surface area contributed by atoms with Gasteiger partial charge in [0.15, 0.2) is 0 Å². The Kier molecular flexibility index (Phi) is 4.15. The Bertz CT molecular complexity index is 549. The number of carbonyl (C=O) groups excluding carboxylic acids is 1. The van der Waals surface area contributed by atoms with E-state index in [-0.39, 0.29) is 6.54 Å². The minimum Gasteiger partial charge on any atom is -0.340 e. The van der Waals surface area contributed by atoms with Crippen LogP contribution in [-0.4, -0.2) is 73.5 Å². The first-order valence-electron chi connectivity index (χ1n) is 7.68. The Morgan fingerprint density at radius 2 is 1.86 bits per heavy atom. The van der Waals surface area contributed by atoms with Gasteiger partial charge in [0, 0.05) is 32.6 Å². The molecule has 126 valence electrons. The zero-order valence-electron chi connectivity index (χ0n) is 12.3. The molecule has 3 rings (SSSR count). The first-order valence-corrected chi connectivity index (χ1v) is 9.19. The normalized spacial score (nSPS) is 32.7. The molecule has 9 heteroatoms. The molecule has 1 N–H and O–H groups in total. The average molecular weight is 337 g/mol. The molecule has 0 aromatic carbocycles. The molecule has 0 aromatic heterocycles. The third kappa shape index (κ3) is 2.98. The second-order valence-electron chi connectivity index (χ2n) is 6.34. The van der Waals surface area contributed by atoms with Crippen LogP contribution in [0.3, 0.4) is 0 Å². The van der Waals surface area contributed by atoms with Gasteiger partial charge in [-0.25, -0.2) is 21.5 Å². The molecule has 3 aliphatic heterocycles. The summed E-state index contributed by atoms with van der Waals surface area (Å²) < 4.78 is 52.8. The van der Waals surface area contributed by atoms with Crippen LogP contribution in [0.1, 0.15) is 25.7 Å². The second kappa shape index (κ2) is 5.68. The van der Waals surface area contributed by atoms with Gasteiger partial charge < -0.3 is 4.90 Å². The van der Waals surface area contributed by atoms with Crippen LogP contribution in [0.2, 0.25) is 0 Å². The van der Waals surface area contributed by atoms with E-state index in [0.29, 0.717) is 26.1 Å². The number of rotatable bonds is 3. The van der Waals surface area contributed by atoms with E-state index in [2.05, 4.69) is 5.32 Å². The van der Waals surface area contributed by atoms with Crippen molar-refractivity contribution in [3.8, 4) is 0 Å². The zero-order valence-corrected chi connectivity index (χ0v) is 13.1. The Balaban J connectivity index is 1.61. The predicted octanol–water partition coefficient (Wildman–Crippen LogP) is 0.0101. The van der Waals surface area contributed by atoms with Crippen molar-refractivity contribution >= 4 is 15.9 Å². The summed E-state index contributed by atoms with van der Waals surface area (Å²) in [6, 6.07) is -0.900. The van der Waals surface area contributed by atoms with Crippen molar-refractivity contribution in [2.24, 2.45) is 0 Å². The molecule has 0 radical (unpaired) electrons. The molecule has 3 fully saturated rings. The number of amides is 1. The van der Waals surface area contributed by atoms with Crippen LogP contribution >= 0.6 is 0 Å². The third-order valence-corrected chi connectivity index (χ3v) is 7.02. The zero-order chi connectivity index (χ0) is 16.0. The Labute approximate surface area is 128 Å². The molecule has 0 saturated carbocycles. The Hall–Kier alpha value is -0.800. The van der Waals surface area contributed by atoms with Crippen molar-refractivity contribution < 1.29 is 22.0 Å². The van der Waals surface area contributed by atoms with Crippen molar-refractivity contribution in [1.29, 1.82) is 0 Å². The largest absolute Gasteiger partial charge is 0.340 e. The smallest absolute Gasteiger partial charge is 0.262 e. The minimum atomic E-state index is -3.38. The van der Waals surface area contributed by atoms with Crippen LogP contribution in [0.4, 0.5) is 8.78 Å². The lowest BCUT2D eigenvalue weighted by Crippen LogP contribution is -2.44. The van der Waals surface area contributed by atoms with Gasteiger partial charge in [-0.05, 0) is 19.3 Å². The molecule has 6 nitrogen and oxygen atoms in total. The van der Waals surface area contributed by atoms with E-state index >= 15 is 0 Å². The average Bonchev–Trinajstić information content (AvgIpc) is 3.18. The maximum Gasteiger partial charge on any atom is 0.262 e. The lowest BCUT2D eigenvalue weighted by atomic mass is 10.2. The van der Waals surface area contributed by atoms with E-state index in [4.69, 9.17) is 0 Å². The Morgan fingerprint density at radius 3 is 2.45 bits per heavy atom. The van der Waals surface area contributed by atoms with Gasteiger partial charge in [0.05, 0.1) is 17.8 Å². The van der Waals surface area contributed by atoms with Crippen LogP contribution in [-0.2, 0) is 14.8 Å². The van der Waals surface area contributed by atoms with Gasteiger partial charge in [0.25, 0.3) is 5.92 Å². The first kappa shape index (κ1) is 16.1. The minimum absolute atomic E-state index is 0.113. The lowest BCUT2D eigenvalue weighted by Gasteiger charge is -2.23. The standard InChI is InChI=1S/C13H21F2N3O3S/c14-13(15)7-11(16-9-13)12(19)17-6-3-10(8-17)22(20,21)18-4-1-2-5-18/h10-11,16H,1-9H2. The van der Waals surface area contributed by atoms with Crippen LogP contribution in [0.5, 0.6) is 0 Å². The number of nitrogens with one attached hydrogen (secondary N) is 1. The molecule has 22 heavy (non-hydrogen) atoms. The summed E-state index contributed by atoms with van der Waals surface area (Å²) in [7, 11) is -3.38. The summed E-state index contributed by atoms with van der Waals surface area (Å²) in [6.07, 6.45) is 1.62. The number of hydrogen-bond donors (Lipinski definition) is 1. The molecule has 0 aliphatic carbocycles. The molecule has 1 amide bonds. The maximum atomic E-state index is 13.2. The van der Waals surface area contributed by atoms with E-state index in [9.17, 15) is 22.0 Å². The van der Waals surface area contributed by atoms with Gasteiger partial charge in [0.1, 0.15) is 0 Å². The summed E-state index contributed by atoms with van der Waals surface area (Å²) in [4.78, 5) is 13.7. The molecule has 0 spiro atoms. The fourth-order valence-electron chi connectivity index (χ4n) is 3.44. The molecular formula is C13H21F2N3O3S. The Morgan fingerprint density at radius 1 is 1.18 bits per heavy atom. The number of nitrogens with zero attached hydrogens (tertiary/aromatic N) is 2. The van der Waals surface area contributed by atoms with Gasteiger partial charge in [-0.15, -0.1) is 0 Å². The summed E-state index contributed by atoms with van der Waals surface area (Å²) in [6.45, 7) is 1.03. The number of alkyl halides is 2. The number of hydrogen-bond acceptors (Lipinski definition) is 4. The molecule has 2 atom stereocenters. The molecule has 0 bridgehead atoms. The highest BCUT2D eigenvalue weighted by Crippen LogP contribution is 2.28. The molecular weight excluding hydrogens is 316 g/mol. The van der Waals surface area contributed by atoms with Crippen LogP contribution in [0.25, 0.3) is 0 Å². The highest BCUT2D eigenvalue weighted by molar-refractivity contribution is 7.89.